The molecular weight excluding hydrogens is 363 g/mol. The molecule has 0 bridgehead atoms. The Balaban J connectivity index is 1.66. The van der Waals surface area contributed by atoms with Gasteiger partial charge in [-0.25, -0.2) is 4.39 Å². The van der Waals surface area contributed by atoms with E-state index in [9.17, 15) is 9.18 Å². The van der Waals surface area contributed by atoms with Gasteiger partial charge in [0, 0.05) is 42.4 Å². The normalized spacial score (nSPS) is 12.5. The van der Waals surface area contributed by atoms with Crippen LogP contribution in [-0.4, -0.2) is 38.0 Å². The zero-order valence-corrected chi connectivity index (χ0v) is 16.8. The number of rotatable bonds is 8. The first-order valence-electron chi connectivity index (χ1n) is 9.00. The van der Waals surface area contributed by atoms with Gasteiger partial charge in [-0.3, -0.25) is 9.79 Å². The fourth-order valence-electron chi connectivity index (χ4n) is 2.65. The summed E-state index contributed by atoms with van der Waals surface area (Å²) in [5.74, 6) is 0.241. The molecule has 1 amide bonds. The number of aliphatic imine (C=N–C) groups is 1. The van der Waals surface area contributed by atoms with Crippen LogP contribution in [-0.2, 0) is 17.6 Å². The van der Waals surface area contributed by atoms with E-state index in [1.807, 2.05) is 0 Å². The number of aryl methyl sites for hydroxylation is 1. The molecule has 1 unspecified atom stereocenters. The standard InChI is InChI=1S/C20H27FN4OS/c1-14(11-18-8-7-15(2)27-18)25-20(22-3)24-10-9-23-19(26)13-16-5-4-6-17(21)12-16/h4-8,12,14H,9-11,13H2,1-3H3,(H,23,26)(H2,22,24,25). The zero-order chi connectivity index (χ0) is 19.6. The van der Waals surface area contributed by atoms with Crippen LogP contribution in [0.2, 0.25) is 0 Å². The first kappa shape index (κ1) is 20.9. The predicted octanol–water partition coefficient (Wildman–Crippen LogP) is 2.65. The molecule has 1 atom stereocenters. The Morgan fingerprint density at radius 3 is 2.67 bits per heavy atom. The largest absolute Gasteiger partial charge is 0.355 e. The smallest absolute Gasteiger partial charge is 0.224 e. The van der Waals surface area contributed by atoms with Crippen LogP contribution in [0.15, 0.2) is 41.4 Å². The summed E-state index contributed by atoms with van der Waals surface area (Å²) in [6.45, 7) is 5.24. The second kappa shape index (κ2) is 10.7. The number of carbonyl (C=O) groups is 1. The molecule has 7 heteroatoms. The molecule has 0 saturated carbocycles. The van der Waals surface area contributed by atoms with Crippen molar-refractivity contribution in [3.05, 3.63) is 57.5 Å². The van der Waals surface area contributed by atoms with Crippen molar-refractivity contribution in [1.29, 1.82) is 0 Å². The summed E-state index contributed by atoms with van der Waals surface area (Å²) >= 11 is 1.81. The van der Waals surface area contributed by atoms with Gasteiger partial charge < -0.3 is 16.0 Å². The number of benzene rings is 1. The Bertz CT molecular complexity index is 775. The lowest BCUT2D eigenvalue weighted by molar-refractivity contribution is -0.120. The molecule has 0 spiro atoms. The molecule has 0 radical (unpaired) electrons. The van der Waals surface area contributed by atoms with E-state index in [1.165, 1.54) is 21.9 Å². The van der Waals surface area contributed by atoms with Crippen LogP contribution in [0.3, 0.4) is 0 Å². The van der Waals surface area contributed by atoms with Crippen molar-refractivity contribution in [1.82, 2.24) is 16.0 Å². The molecule has 0 aliphatic heterocycles. The molecule has 1 heterocycles. The quantitative estimate of drug-likeness (QED) is 0.369. The molecule has 27 heavy (non-hydrogen) atoms. The summed E-state index contributed by atoms with van der Waals surface area (Å²) in [5, 5.41) is 9.36. The maximum absolute atomic E-state index is 13.1. The number of halogens is 1. The van der Waals surface area contributed by atoms with E-state index in [0.29, 0.717) is 24.6 Å². The molecular formula is C20H27FN4OS. The molecule has 0 aliphatic carbocycles. The van der Waals surface area contributed by atoms with Crippen LogP contribution in [0.1, 0.15) is 22.2 Å². The average Bonchev–Trinajstić information content (AvgIpc) is 3.02. The Hall–Kier alpha value is -2.41. The highest BCUT2D eigenvalue weighted by Crippen LogP contribution is 2.16. The van der Waals surface area contributed by atoms with Crippen molar-refractivity contribution in [3.8, 4) is 0 Å². The lowest BCUT2D eigenvalue weighted by Gasteiger charge is -2.17. The van der Waals surface area contributed by atoms with Crippen LogP contribution in [0, 0.1) is 12.7 Å². The summed E-state index contributed by atoms with van der Waals surface area (Å²) in [6, 6.07) is 10.6. The third-order valence-corrected chi connectivity index (χ3v) is 4.93. The van der Waals surface area contributed by atoms with Crippen LogP contribution in [0.5, 0.6) is 0 Å². The van der Waals surface area contributed by atoms with Crippen LogP contribution >= 0.6 is 11.3 Å². The monoisotopic (exact) mass is 390 g/mol. The van der Waals surface area contributed by atoms with Crippen LogP contribution in [0.25, 0.3) is 0 Å². The average molecular weight is 391 g/mol. The minimum atomic E-state index is -0.330. The van der Waals surface area contributed by atoms with Gasteiger partial charge in [0.25, 0.3) is 0 Å². The molecule has 0 aliphatic rings. The van der Waals surface area contributed by atoms with Crippen molar-refractivity contribution in [2.75, 3.05) is 20.1 Å². The Kier molecular flexibility index (Phi) is 8.26. The minimum absolute atomic E-state index is 0.133. The molecule has 2 rings (SSSR count). The van der Waals surface area contributed by atoms with Crippen LogP contribution < -0.4 is 16.0 Å². The summed E-state index contributed by atoms with van der Waals surface area (Å²) < 4.78 is 13.1. The van der Waals surface area contributed by atoms with Crippen molar-refractivity contribution in [2.45, 2.75) is 32.7 Å². The van der Waals surface area contributed by atoms with Crippen molar-refractivity contribution < 1.29 is 9.18 Å². The van der Waals surface area contributed by atoms with E-state index < -0.39 is 0 Å². The third kappa shape index (κ3) is 7.78. The van der Waals surface area contributed by atoms with E-state index in [4.69, 9.17) is 0 Å². The summed E-state index contributed by atoms with van der Waals surface area (Å²) in [4.78, 5) is 18.8. The second-order valence-electron chi connectivity index (χ2n) is 6.42. The third-order valence-electron chi connectivity index (χ3n) is 3.90. The molecule has 2 aromatic rings. The second-order valence-corrected chi connectivity index (χ2v) is 7.79. The maximum Gasteiger partial charge on any atom is 0.224 e. The molecule has 0 saturated heterocycles. The van der Waals surface area contributed by atoms with Gasteiger partial charge in [0.2, 0.25) is 5.91 Å². The van der Waals surface area contributed by atoms with Gasteiger partial charge in [-0.2, -0.15) is 0 Å². The predicted molar refractivity (Wildman–Crippen MR) is 110 cm³/mol. The highest BCUT2D eigenvalue weighted by Gasteiger charge is 2.08. The molecule has 146 valence electrons. The van der Waals surface area contributed by atoms with E-state index in [2.05, 4.69) is 46.9 Å². The molecule has 3 N–H and O–H groups in total. The summed E-state index contributed by atoms with van der Waals surface area (Å²) in [5.41, 5.74) is 0.663. The number of nitrogens with zero attached hydrogens (tertiary/aromatic N) is 1. The fraction of sp³-hybridized carbons (Fsp3) is 0.400. The number of hydrogen-bond donors (Lipinski definition) is 3. The Labute approximate surface area is 164 Å². The van der Waals surface area contributed by atoms with Gasteiger partial charge >= 0.3 is 0 Å². The van der Waals surface area contributed by atoms with E-state index in [0.717, 1.165) is 6.42 Å². The first-order valence-corrected chi connectivity index (χ1v) is 9.81. The van der Waals surface area contributed by atoms with Gasteiger partial charge in [-0.05, 0) is 43.7 Å². The van der Waals surface area contributed by atoms with Gasteiger partial charge in [0.1, 0.15) is 5.82 Å². The summed E-state index contributed by atoms with van der Waals surface area (Å²) in [6.07, 6.45) is 1.10. The topological polar surface area (TPSA) is 65.5 Å². The van der Waals surface area contributed by atoms with Gasteiger partial charge in [-0.15, -0.1) is 11.3 Å². The first-order chi connectivity index (χ1) is 13.0. The summed E-state index contributed by atoms with van der Waals surface area (Å²) in [7, 11) is 1.72. The zero-order valence-electron chi connectivity index (χ0n) is 16.0. The number of nitrogens with one attached hydrogen (secondary N) is 3. The highest BCUT2D eigenvalue weighted by atomic mass is 32.1. The van der Waals surface area contributed by atoms with Crippen LogP contribution in [0.4, 0.5) is 4.39 Å². The van der Waals surface area contributed by atoms with Gasteiger partial charge in [0.15, 0.2) is 5.96 Å². The van der Waals surface area contributed by atoms with Gasteiger partial charge in [-0.1, -0.05) is 12.1 Å². The molecule has 5 nitrogen and oxygen atoms in total. The van der Waals surface area contributed by atoms with E-state index in [-0.39, 0.29) is 24.2 Å². The highest BCUT2D eigenvalue weighted by molar-refractivity contribution is 7.11. The number of hydrogen-bond acceptors (Lipinski definition) is 3. The lowest BCUT2D eigenvalue weighted by atomic mass is 10.1. The number of guanidine groups is 1. The number of carbonyl (C=O) groups excluding carboxylic acids is 1. The van der Waals surface area contributed by atoms with Crippen molar-refractivity contribution in [3.63, 3.8) is 0 Å². The molecule has 1 aromatic carbocycles. The maximum atomic E-state index is 13.1. The molecule has 1 aromatic heterocycles. The van der Waals surface area contributed by atoms with E-state index in [1.54, 1.807) is 30.5 Å². The number of thiophene rings is 1. The van der Waals surface area contributed by atoms with E-state index >= 15 is 0 Å². The van der Waals surface area contributed by atoms with Crippen molar-refractivity contribution >= 4 is 23.2 Å². The van der Waals surface area contributed by atoms with Crippen molar-refractivity contribution in [2.24, 2.45) is 4.99 Å². The lowest BCUT2D eigenvalue weighted by Crippen LogP contribution is -2.45. The Morgan fingerprint density at radius 1 is 1.22 bits per heavy atom. The number of amides is 1. The SMILES string of the molecule is CN=C(NCCNC(=O)Cc1cccc(F)c1)NC(C)Cc1ccc(C)s1. The minimum Gasteiger partial charge on any atom is -0.355 e. The fourth-order valence-corrected chi connectivity index (χ4v) is 3.67. The van der Waals surface area contributed by atoms with Gasteiger partial charge in [0.05, 0.1) is 6.42 Å². The Morgan fingerprint density at radius 2 is 2.00 bits per heavy atom. The molecule has 0 fully saturated rings.